The van der Waals surface area contributed by atoms with Crippen molar-refractivity contribution in [3.63, 3.8) is 0 Å². The fourth-order valence-corrected chi connectivity index (χ4v) is 8.72. The molecule has 0 rings (SSSR count). The number of hydrogen-bond acceptors (Lipinski definition) is 10. The molecule has 0 bridgehead atoms. The van der Waals surface area contributed by atoms with E-state index in [9.17, 15) is 28.9 Å². The van der Waals surface area contributed by atoms with Gasteiger partial charge in [0.15, 0.2) is 6.10 Å². The number of unbranched alkanes of at least 4 members (excludes halogenated alkanes) is 17. The monoisotopic (exact) mass is 1130 g/mol. The Bertz CT molecular complexity index is 1850. The van der Waals surface area contributed by atoms with Gasteiger partial charge in [-0.05, 0) is 103 Å². The van der Waals surface area contributed by atoms with Crippen LogP contribution in [-0.2, 0) is 42.2 Å². The highest BCUT2D eigenvalue weighted by molar-refractivity contribution is 7.47. The summed E-state index contributed by atoms with van der Waals surface area (Å²) in [6.45, 7) is 4.30. The van der Waals surface area contributed by atoms with Crippen LogP contribution in [0.15, 0.2) is 134 Å². The van der Waals surface area contributed by atoms with Crippen LogP contribution in [0.1, 0.15) is 239 Å². The minimum absolute atomic E-state index is 0.0872. The zero-order valence-corrected chi connectivity index (χ0v) is 51.1. The number of allylic oxidation sites excluding steroid dienone is 22. The quantitative estimate of drug-likeness (QED) is 0.0197. The molecule has 3 atom stereocenters. The van der Waals surface area contributed by atoms with E-state index >= 15 is 0 Å². The number of ether oxygens (including phenoxy) is 3. The minimum atomic E-state index is -4.79. The Labute approximate surface area is 487 Å². The van der Waals surface area contributed by atoms with E-state index in [1.54, 1.807) is 0 Å². The van der Waals surface area contributed by atoms with Crippen LogP contribution in [0.3, 0.4) is 0 Å². The fourth-order valence-electron chi connectivity index (χ4n) is 7.94. The first-order valence-electron chi connectivity index (χ1n) is 31.1. The zero-order valence-electron chi connectivity index (χ0n) is 50.2. The number of carbonyl (C=O) groups is 3. The maximum Gasteiger partial charge on any atom is 0.472 e. The Morgan fingerprint density at radius 2 is 0.675 bits per heavy atom. The lowest BCUT2D eigenvalue weighted by Crippen LogP contribution is -2.30. The third kappa shape index (κ3) is 58.3. The van der Waals surface area contributed by atoms with E-state index in [0.717, 1.165) is 109 Å². The lowest BCUT2D eigenvalue weighted by Gasteiger charge is -2.21. The van der Waals surface area contributed by atoms with Gasteiger partial charge in [-0.3, -0.25) is 23.4 Å². The topological polar surface area (TPSA) is 155 Å². The largest absolute Gasteiger partial charge is 0.472 e. The second kappa shape index (κ2) is 60.7. The van der Waals surface area contributed by atoms with Crippen molar-refractivity contribution in [1.82, 2.24) is 0 Å². The van der Waals surface area contributed by atoms with Gasteiger partial charge in [0.1, 0.15) is 12.7 Å². The van der Waals surface area contributed by atoms with Crippen molar-refractivity contribution in [2.45, 2.75) is 251 Å². The molecule has 0 amide bonds. The highest BCUT2D eigenvalue weighted by atomic mass is 31.2. The normalized spacial score (nSPS) is 14.2. The molecule has 0 spiro atoms. The molecule has 2 N–H and O–H groups in total. The average Bonchev–Trinajstić information content (AvgIpc) is 3.45. The molecule has 3 unspecified atom stereocenters. The number of rotatable bonds is 56. The second-order valence-corrected chi connectivity index (χ2v) is 21.6. The van der Waals surface area contributed by atoms with Crippen LogP contribution >= 0.6 is 7.82 Å². The number of carbonyl (C=O) groups excluding carboxylic acids is 3. The third-order valence-electron chi connectivity index (χ3n) is 12.6. The van der Waals surface area contributed by atoms with E-state index in [2.05, 4.69) is 142 Å². The molecule has 0 aliphatic rings. The lowest BCUT2D eigenvalue weighted by atomic mass is 10.0. The van der Waals surface area contributed by atoms with Crippen molar-refractivity contribution in [3.8, 4) is 0 Å². The molecule has 0 saturated heterocycles. The molecule has 0 aromatic rings. The van der Waals surface area contributed by atoms with Crippen molar-refractivity contribution in [3.05, 3.63) is 134 Å². The van der Waals surface area contributed by atoms with Crippen LogP contribution in [0.4, 0.5) is 0 Å². The fraction of sp³-hybridized carbons (Fsp3) is 0.632. The van der Waals surface area contributed by atoms with E-state index in [1.807, 2.05) is 12.2 Å². The summed E-state index contributed by atoms with van der Waals surface area (Å²) in [6, 6.07) is 0. The van der Waals surface area contributed by atoms with Gasteiger partial charge in [0, 0.05) is 19.3 Å². The molecule has 11 nitrogen and oxygen atoms in total. The number of aliphatic hydroxyl groups is 1. The lowest BCUT2D eigenvalue weighted by molar-refractivity contribution is -0.161. The zero-order chi connectivity index (χ0) is 58.3. The standard InChI is InChI=1S/C68H111O11P/c1-4-7-10-13-16-19-22-25-28-30-32-34-37-39-42-45-48-51-54-57-66(70)75-61-65(79-68(72)59-56-53-50-47-44-41-38-35-33-31-29-26-23-20-17-14-11-8-5-2)63-77-80(73,74)76-62-64(60-69)78-67(71)58-55-52-49-46-43-40-36-27-24-21-18-15-12-9-6-3/h7-8,10-11,16-17,19-20,25-26,28-29,32-35,39,41-42,44,48,51,64-65,69H,4-6,9,12-15,18,21-24,27,30-31,36-38,40,43,45-47,49-50,52-63H2,1-3H3,(H,73,74)/b10-7-,11-8-,19-16-,20-17-,28-25-,29-26-,34-32-,35-33-,42-39-,44-41-,51-48-. The highest BCUT2D eigenvalue weighted by Crippen LogP contribution is 2.43. The highest BCUT2D eigenvalue weighted by Gasteiger charge is 2.28. The van der Waals surface area contributed by atoms with E-state index in [1.165, 1.54) is 70.6 Å². The Balaban J connectivity index is 4.89. The first-order chi connectivity index (χ1) is 39.2. The number of phosphoric ester groups is 1. The minimum Gasteiger partial charge on any atom is -0.462 e. The summed E-state index contributed by atoms with van der Waals surface area (Å²) in [6.07, 6.45) is 77.0. The van der Waals surface area contributed by atoms with Crippen LogP contribution < -0.4 is 0 Å². The van der Waals surface area contributed by atoms with Gasteiger partial charge in [0.2, 0.25) is 0 Å². The van der Waals surface area contributed by atoms with Gasteiger partial charge >= 0.3 is 25.7 Å². The Hall–Kier alpha value is -4.38. The molecule has 80 heavy (non-hydrogen) atoms. The van der Waals surface area contributed by atoms with Gasteiger partial charge < -0.3 is 24.2 Å². The summed E-state index contributed by atoms with van der Waals surface area (Å²) < 4.78 is 39.5. The molecular formula is C68H111O11P. The molecule has 0 aromatic heterocycles. The van der Waals surface area contributed by atoms with Gasteiger partial charge in [-0.2, -0.15) is 0 Å². The van der Waals surface area contributed by atoms with E-state index in [0.29, 0.717) is 19.3 Å². The van der Waals surface area contributed by atoms with Crippen molar-refractivity contribution in [1.29, 1.82) is 0 Å². The molecule has 0 aliphatic heterocycles. The second-order valence-electron chi connectivity index (χ2n) is 20.1. The molecular weight excluding hydrogens is 1020 g/mol. The molecule has 0 fully saturated rings. The summed E-state index contributed by atoms with van der Waals surface area (Å²) in [5.41, 5.74) is 0. The molecule has 454 valence electrons. The van der Waals surface area contributed by atoms with Crippen molar-refractivity contribution in [2.24, 2.45) is 0 Å². The van der Waals surface area contributed by atoms with Gasteiger partial charge in [-0.1, -0.05) is 251 Å². The van der Waals surface area contributed by atoms with E-state index in [4.69, 9.17) is 23.3 Å². The summed E-state index contributed by atoms with van der Waals surface area (Å²) in [5.74, 6) is -1.61. The van der Waals surface area contributed by atoms with Gasteiger partial charge in [0.25, 0.3) is 0 Å². The predicted octanol–water partition coefficient (Wildman–Crippen LogP) is 18.9. The van der Waals surface area contributed by atoms with Crippen molar-refractivity contribution < 1.29 is 52.2 Å². The molecule has 0 aliphatic carbocycles. The SMILES string of the molecule is CC/C=C\C/C=C\C/C=C\C/C=C\C/C=C\C/C=C\CCC(=O)OCC(COP(=O)(O)OCC(CO)OC(=O)CCCCCCCCCCCCCCCCC)OC(=O)CCCCC/C=C\C/C=C\C/C=C\C/C=C\C/C=C\CC. The number of esters is 3. The third-order valence-corrected chi connectivity index (χ3v) is 13.5. The number of aliphatic hydroxyl groups excluding tert-OH is 1. The van der Waals surface area contributed by atoms with Gasteiger partial charge in [0.05, 0.1) is 19.8 Å². The summed E-state index contributed by atoms with van der Waals surface area (Å²) in [7, 11) is -4.79. The predicted molar refractivity (Wildman–Crippen MR) is 334 cm³/mol. The van der Waals surface area contributed by atoms with E-state index < -0.39 is 64.4 Å². The van der Waals surface area contributed by atoms with Crippen LogP contribution in [0.5, 0.6) is 0 Å². The summed E-state index contributed by atoms with van der Waals surface area (Å²) >= 11 is 0. The Morgan fingerprint density at radius 3 is 1.05 bits per heavy atom. The maximum atomic E-state index is 12.9. The molecule has 12 heteroatoms. The van der Waals surface area contributed by atoms with Crippen molar-refractivity contribution in [2.75, 3.05) is 26.4 Å². The smallest absolute Gasteiger partial charge is 0.462 e. The summed E-state index contributed by atoms with van der Waals surface area (Å²) in [5, 5.41) is 9.84. The Morgan fingerprint density at radius 1 is 0.362 bits per heavy atom. The molecule has 0 heterocycles. The van der Waals surface area contributed by atoms with Crippen LogP contribution in [0.2, 0.25) is 0 Å². The summed E-state index contributed by atoms with van der Waals surface area (Å²) in [4.78, 5) is 48.7. The molecule has 0 aromatic carbocycles. The maximum absolute atomic E-state index is 12.9. The average molecular weight is 1140 g/mol. The van der Waals surface area contributed by atoms with E-state index in [-0.39, 0.29) is 19.3 Å². The number of phosphoric acid groups is 1. The molecule has 0 saturated carbocycles. The number of hydrogen-bond donors (Lipinski definition) is 2. The van der Waals surface area contributed by atoms with Gasteiger partial charge in [-0.15, -0.1) is 0 Å². The van der Waals surface area contributed by atoms with Crippen LogP contribution in [0.25, 0.3) is 0 Å². The van der Waals surface area contributed by atoms with Gasteiger partial charge in [-0.25, -0.2) is 4.57 Å². The first kappa shape index (κ1) is 75.6. The van der Waals surface area contributed by atoms with Crippen molar-refractivity contribution >= 4 is 25.7 Å². The van der Waals surface area contributed by atoms with Crippen LogP contribution in [0, 0.1) is 0 Å². The Kier molecular flexibility index (Phi) is 57.4. The molecule has 0 radical (unpaired) electrons. The van der Waals surface area contributed by atoms with Crippen LogP contribution in [-0.4, -0.2) is 66.5 Å². The first-order valence-corrected chi connectivity index (χ1v) is 32.6.